The molecule has 26 heavy (non-hydrogen) atoms. The van der Waals surface area contributed by atoms with Crippen LogP contribution < -0.4 is 10.0 Å². The second kappa shape index (κ2) is 8.67. The molecule has 0 spiro atoms. The van der Waals surface area contributed by atoms with Crippen molar-refractivity contribution in [3.05, 3.63) is 29.1 Å². The summed E-state index contributed by atoms with van der Waals surface area (Å²) in [6, 6.07) is 6.49. The number of hydrogen-bond donors (Lipinski definition) is 2. The number of sulfonamides is 1. The van der Waals surface area contributed by atoms with E-state index in [1.54, 1.807) is 31.2 Å². The van der Waals surface area contributed by atoms with Crippen molar-refractivity contribution in [2.24, 2.45) is 5.92 Å². The Balaban J connectivity index is 0.00000243. The average molecular weight is 419 g/mol. The zero-order valence-electron chi connectivity index (χ0n) is 14.7. The van der Waals surface area contributed by atoms with Gasteiger partial charge in [-0.05, 0) is 55.5 Å². The maximum Gasteiger partial charge on any atom is 0.348 e. The molecule has 2 heterocycles. The molecule has 144 valence electrons. The summed E-state index contributed by atoms with van der Waals surface area (Å²) >= 11 is 1.30. The van der Waals surface area contributed by atoms with Crippen LogP contribution in [0.25, 0.3) is 10.1 Å². The molecule has 1 aromatic heterocycles. The highest BCUT2D eigenvalue weighted by Gasteiger charge is 2.27. The number of nitrogens with one attached hydrogen (secondary N) is 2. The van der Waals surface area contributed by atoms with E-state index in [1.165, 1.54) is 11.3 Å². The first kappa shape index (κ1) is 21.1. The van der Waals surface area contributed by atoms with E-state index in [1.807, 2.05) is 0 Å². The first-order valence-corrected chi connectivity index (χ1v) is 10.6. The summed E-state index contributed by atoms with van der Waals surface area (Å²) in [5.41, 5.74) is 0. The second-order valence-corrected chi connectivity index (χ2v) is 9.03. The number of ether oxygens (including phenoxy) is 1. The van der Waals surface area contributed by atoms with Gasteiger partial charge in [0.1, 0.15) is 4.88 Å². The molecular formula is C17H23ClN2O4S2. The number of benzene rings is 1. The third kappa shape index (κ3) is 4.55. The lowest BCUT2D eigenvalue weighted by atomic mass is 9.96. The molecule has 0 radical (unpaired) electrons. The van der Waals surface area contributed by atoms with E-state index in [9.17, 15) is 13.2 Å². The zero-order chi connectivity index (χ0) is 18.0. The second-order valence-electron chi connectivity index (χ2n) is 6.23. The fraction of sp³-hybridized carbons (Fsp3) is 0.471. The Hall–Kier alpha value is -1.19. The Morgan fingerprint density at radius 1 is 1.38 bits per heavy atom. The Labute approximate surface area is 163 Å². The molecule has 1 aromatic carbocycles. The number of halogens is 1. The van der Waals surface area contributed by atoms with E-state index in [4.69, 9.17) is 4.74 Å². The minimum Gasteiger partial charge on any atom is -0.462 e. The first-order chi connectivity index (χ1) is 11.9. The lowest BCUT2D eigenvalue weighted by Gasteiger charge is -2.29. The molecule has 0 amide bonds. The zero-order valence-corrected chi connectivity index (χ0v) is 17.1. The van der Waals surface area contributed by atoms with Crippen LogP contribution in [0.5, 0.6) is 0 Å². The summed E-state index contributed by atoms with van der Waals surface area (Å²) in [5, 5.41) is 3.95. The summed E-state index contributed by atoms with van der Waals surface area (Å²) in [6.45, 7) is 5.67. The molecule has 1 aliphatic heterocycles. The van der Waals surface area contributed by atoms with Crippen molar-refractivity contribution in [1.82, 2.24) is 10.0 Å². The van der Waals surface area contributed by atoms with Crippen molar-refractivity contribution in [3.8, 4) is 0 Å². The Morgan fingerprint density at radius 2 is 2.15 bits per heavy atom. The maximum atomic E-state index is 12.7. The van der Waals surface area contributed by atoms with Crippen LogP contribution in [-0.2, 0) is 14.8 Å². The van der Waals surface area contributed by atoms with Crippen LogP contribution in [0.4, 0.5) is 0 Å². The van der Waals surface area contributed by atoms with Crippen molar-refractivity contribution < 1.29 is 17.9 Å². The van der Waals surface area contributed by atoms with E-state index in [2.05, 4.69) is 17.0 Å². The van der Waals surface area contributed by atoms with Crippen LogP contribution in [0.2, 0.25) is 0 Å². The molecule has 1 fully saturated rings. The average Bonchev–Trinajstić information content (AvgIpc) is 3.00. The van der Waals surface area contributed by atoms with E-state index in [-0.39, 0.29) is 35.2 Å². The van der Waals surface area contributed by atoms with Crippen LogP contribution >= 0.6 is 23.7 Å². The highest BCUT2D eigenvalue weighted by molar-refractivity contribution is 7.89. The number of carbonyl (C=O) groups is 1. The number of esters is 1. The summed E-state index contributed by atoms with van der Waals surface area (Å²) in [6.07, 6.45) is 0.944. The highest BCUT2D eigenvalue weighted by Crippen LogP contribution is 2.28. The maximum absolute atomic E-state index is 12.7. The predicted molar refractivity (Wildman–Crippen MR) is 106 cm³/mol. The van der Waals surface area contributed by atoms with Crippen LogP contribution in [0.1, 0.15) is 29.9 Å². The lowest BCUT2D eigenvalue weighted by Crippen LogP contribution is -2.50. The molecule has 2 atom stereocenters. The molecule has 9 heteroatoms. The van der Waals surface area contributed by atoms with E-state index in [0.717, 1.165) is 23.1 Å². The highest BCUT2D eigenvalue weighted by atomic mass is 35.5. The molecule has 0 aliphatic carbocycles. The minimum absolute atomic E-state index is 0. The van der Waals surface area contributed by atoms with Gasteiger partial charge < -0.3 is 10.1 Å². The van der Waals surface area contributed by atoms with E-state index in [0.29, 0.717) is 18.0 Å². The van der Waals surface area contributed by atoms with Crippen LogP contribution in [0, 0.1) is 5.92 Å². The van der Waals surface area contributed by atoms with Crippen molar-refractivity contribution >= 4 is 49.8 Å². The molecule has 0 bridgehead atoms. The van der Waals surface area contributed by atoms with Gasteiger partial charge in [0.05, 0.1) is 11.5 Å². The van der Waals surface area contributed by atoms with Crippen molar-refractivity contribution in [2.45, 2.75) is 31.2 Å². The quantitative estimate of drug-likeness (QED) is 0.729. The van der Waals surface area contributed by atoms with Crippen LogP contribution in [0.15, 0.2) is 29.2 Å². The van der Waals surface area contributed by atoms with Gasteiger partial charge in [-0.15, -0.1) is 23.7 Å². The fourth-order valence-electron chi connectivity index (χ4n) is 2.91. The SMILES string of the molecule is CCOC(=O)c1cc2cc(S(=O)(=O)NC3CNCCC3C)ccc2s1.Cl. The van der Waals surface area contributed by atoms with Gasteiger partial charge >= 0.3 is 5.97 Å². The Bertz CT molecular complexity index is 882. The van der Waals surface area contributed by atoms with Crippen molar-refractivity contribution in [2.75, 3.05) is 19.7 Å². The topological polar surface area (TPSA) is 84.5 Å². The van der Waals surface area contributed by atoms with Gasteiger partial charge in [0.25, 0.3) is 0 Å². The molecule has 1 saturated heterocycles. The predicted octanol–water partition coefficient (Wildman–Crippen LogP) is 2.78. The van der Waals surface area contributed by atoms with Gasteiger partial charge in [-0.25, -0.2) is 17.9 Å². The molecular weight excluding hydrogens is 396 g/mol. The third-order valence-corrected chi connectivity index (χ3v) is 6.99. The first-order valence-electron chi connectivity index (χ1n) is 8.34. The normalized spacial score (nSPS) is 20.5. The molecule has 2 N–H and O–H groups in total. The lowest BCUT2D eigenvalue weighted by molar-refractivity contribution is 0.0532. The number of rotatable bonds is 5. The Kier molecular flexibility index (Phi) is 7.04. The summed E-state index contributed by atoms with van der Waals surface area (Å²) in [5.74, 6) is -0.0929. The van der Waals surface area contributed by atoms with E-state index < -0.39 is 10.0 Å². The molecule has 3 rings (SSSR count). The molecule has 0 saturated carbocycles. The monoisotopic (exact) mass is 418 g/mol. The van der Waals surface area contributed by atoms with Crippen LogP contribution in [-0.4, -0.2) is 40.1 Å². The number of thiophene rings is 1. The third-order valence-electron chi connectivity index (χ3n) is 4.41. The largest absolute Gasteiger partial charge is 0.462 e. The number of fused-ring (bicyclic) bond motifs is 1. The van der Waals surface area contributed by atoms with E-state index >= 15 is 0 Å². The number of hydrogen-bond acceptors (Lipinski definition) is 6. The van der Waals surface area contributed by atoms with Gasteiger partial charge in [-0.1, -0.05) is 6.92 Å². The van der Waals surface area contributed by atoms with Gasteiger partial charge in [-0.2, -0.15) is 0 Å². The van der Waals surface area contributed by atoms with Gasteiger partial charge in [-0.3, -0.25) is 0 Å². The smallest absolute Gasteiger partial charge is 0.348 e. The molecule has 2 unspecified atom stereocenters. The summed E-state index contributed by atoms with van der Waals surface area (Å²) in [4.78, 5) is 12.5. The summed E-state index contributed by atoms with van der Waals surface area (Å²) < 4.78 is 34.1. The van der Waals surface area contributed by atoms with Gasteiger partial charge in [0.15, 0.2) is 0 Å². The number of piperidine rings is 1. The van der Waals surface area contributed by atoms with Gasteiger partial charge in [0.2, 0.25) is 10.0 Å². The fourth-order valence-corrected chi connectivity index (χ4v) is 5.22. The molecule has 6 nitrogen and oxygen atoms in total. The number of carbonyl (C=O) groups excluding carboxylic acids is 1. The summed E-state index contributed by atoms with van der Waals surface area (Å²) in [7, 11) is -3.61. The standard InChI is InChI=1S/C17H22N2O4S2.ClH/c1-3-23-17(20)16-9-12-8-13(4-5-15(12)24-16)25(21,22)19-14-10-18-7-6-11(14)2;/h4-5,8-9,11,14,18-19H,3,6-7,10H2,1-2H3;1H. The van der Waals surface area contributed by atoms with Crippen molar-refractivity contribution in [1.29, 1.82) is 0 Å². The Morgan fingerprint density at radius 3 is 2.85 bits per heavy atom. The van der Waals surface area contributed by atoms with Gasteiger partial charge in [0, 0.05) is 17.3 Å². The van der Waals surface area contributed by atoms with Crippen molar-refractivity contribution in [3.63, 3.8) is 0 Å². The van der Waals surface area contributed by atoms with Crippen LogP contribution in [0.3, 0.4) is 0 Å². The molecule has 1 aliphatic rings. The molecule has 2 aromatic rings. The minimum atomic E-state index is -3.61.